The summed E-state index contributed by atoms with van der Waals surface area (Å²) in [5.41, 5.74) is 0. The van der Waals surface area contributed by atoms with E-state index in [0.29, 0.717) is 24.6 Å². The molecule has 1 aromatic carbocycles. The summed E-state index contributed by atoms with van der Waals surface area (Å²) in [7, 11) is -3.82. The highest BCUT2D eigenvalue weighted by atomic mass is 35.5. The molecule has 0 radical (unpaired) electrons. The SMILES string of the molecule is CC(C)CNC(=O)C(=O)NC[C@H]1OCCCN1S(=O)(=O)c1ccc(Cl)cc1. The van der Waals surface area contributed by atoms with Crippen molar-refractivity contribution in [2.45, 2.75) is 31.4 Å². The molecule has 2 amide bonds. The lowest BCUT2D eigenvalue weighted by molar-refractivity contribution is -0.140. The zero-order valence-electron chi connectivity index (χ0n) is 15.3. The molecule has 0 aliphatic carbocycles. The van der Waals surface area contributed by atoms with Crippen molar-refractivity contribution in [3.05, 3.63) is 29.3 Å². The molecule has 0 unspecified atom stereocenters. The lowest BCUT2D eigenvalue weighted by Crippen LogP contribution is -2.53. The van der Waals surface area contributed by atoms with Crippen molar-refractivity contribution in [3.63, 3.8) is 0 Å². The first-order chi connectivity index (χ1) is 12.7. The summed E-state index contributed by atoms with van der Waals surface area (Å²) in [5.74, 6) is -1.37. The van der Waals surface area contributed by atoms with Crippen molar-refractivity contribution in [3.8, 4) is 0 Å². The highest BCUT2D eigenvalue weighted by Gasteiger charge is 2.34. The number of ether oxygens (including phenoxy) is 1. The lowest BCUT2D eigenvalue weighted by atomic mass is 10.2. The second-order valence-corrected chi connectivity index (χ2v) is 8.89. The number of hydrogen-bond donors (Lipinski definition) is 2. The van der Waals surface area contributed by atoms with Gasteiger partial charge in [0.1, 0.15) is 6.23 Å². The van der Waals surface area contributed by atoms with Crippen molar-refractivity contribution in [2.75, 3.05) is 26.2 Å². The molecule has 1 aromatic rings. The van der Waals surface area contributed by atoms with Crippen LogP contribution >= 0.6 is 11.6 Å². The van der Waals surface area contributed by atoms with E-state index in [2.05, 4.69) is 10.6 Å². The van der Waals surface area contributed by atoms with Crippen molar-refractivity contribution in [2.24, 2.45) is 5.92 Å². The number of amides is 2. The standard InChI is InChI=1S/C17H24ClN3O5S/c1-12(2)10-19-16(22)17(23)20-11-15-21(8-3-9-26-15)27(24,25)14-6-4-13(18)5-7-14/h4-7,12,15H,3,8-11H2,1-2H3,(H,19,22)(H,20,23)/t15-/m1/s1. The van der Waals surface area contributed by atoms with Crippen molar-refractivity contribution < 1.29 is 22.7 Å². The summed E-state index contributed by atoms with van der Waals surface area (Å²) in [6.07, 6.45) is -0.354. The lowest BCUT2D eigenvalue weighted by Gasteiger charge is -2.34. The molecule has 1 aliphatic rings. The van der Waals surface area contributed by atoms with Crippen LogP contribution in [0.4, 0.5) is 0 Å². The number of benzene rings is 1. The van der Waals surface area contributed by atoms with E-state index in [1.165, 1.54) is 28.6 Å². The van der Waals surface area contributed by atoms with Gasteiger partial charge in [0.15, 0.2) is 0 Å². The molecule has 150 valence electrons. The number of nitrogens with zero attached hydrogens (tertiary/aromatic N) is 1. The minimum Gasteiger partial charge on any atom is -0.360 e. The minimum atomic E-state index is -3.82. The second kappa shape index (κ2) is 9.50. The van der Waals surface area contributed by atoms with Gasteiger partial charge in [0.05, 0.1) is 18.0 Å². The Kier molecular flexibility index (Phi) is 7.60. The van der Waals surface area contributed by atoms with E-state index in [4.69, 9.17) is 16.3 Å². The van der Waals surface area contributed by atoms with Crippen LogP contribution in [0, 0.1) is 5.92 Å². The maximum absolute atomic E-state index is 12.9. The Hall–Kier alpha value is -1.68. The summed E-state index contributed by atoms with van der Waals surface area (Å²) in [5, 5.41) is 5.37. The van der Waals surface area contributed by atoms with Gasteiger partial charge in [-0.2, -0.15) is 4.31 Å². The predicted octanol–water partition coefficient (Wildman–Crippen LogP) is 0.966. The molecule has 2 N–H and O–H groups in total. The molecular formula is C17H24ClN3O5S. The van der Waals surface area contributed by atoms with Crippen molar-refractivity contribution in [1.82, 2.24) is 14.9 Å². The van der Waals surface area contributed by atoms with Gasteiger partial charge in [-0.05, 0) is 36.6 Å². The molecule has 1 heterocycles. The third-order valence-corrected chi connectivity index (χ3v) is 6.04. The van der Waals surface area contributed by atoms with Gasteiger partial charge in [-0.3, -0.25) is 9.59 Å². The largest absolute Gasteiger partial charge is 0.360 e. The van der Waals surface area contributed by atoms with Crippen LogP contribution in [0.15, 0.2) is 29.2 Å². The third-order valence-electron chi connectivity index (χ3n) is 3.89. The molecule has 0 bridgehead atoms. The Morgan fingerprint density at radius 3 is 2.48 bits per heavy atom. The third kappa shape index (κ3) is 5.90. The Bertz CT molecular complexity index is 767. The number of hydrogen-bond acceptors (Lipinski definition) is 5. The first-order valence-electron chi connectivity index (χ1n) is 8.67. The van der Waals surface area contributed by atoms with E-state index in [-0.39, 0.29) is 23.9 Å². The molecule has 0 saturated carbocycles. The van der Waals surface area contributed by atoms with Crippen LogP contribution in [0.25, 0.3) is 0 Å². The zero-order valence-corrected chi connectivity index (χ0v) is 16.8. The molecule has 1 aliphatic heterocycles. The Labute approximate surface area is 164 Å². The van der Waals surface area contributed by atoms with Gasteiger partial charge in [-0.1, -0.05) is 25.4 Å². The molecule has 27 heavy (non-hydrogen) atoms. The normalized spacial score (nSPS) is 18.3. The van der Waals surface area contributed by atoms with E-state index >= 15 is 0 Å². The maximum Gasteiger partial charge on any atom is 0.309 e. The highest BCUT2D eigenvalue weighted by Crippen LogP contribution is 2.23. The molecule has 0 aromatic heterocycles. The maximum atomic E-state index is 12.9. The van der Waals surface area contributed by atoms with Gasteiger partial charge in [-0.25, -0.2) is 8.42 Å². The van der Waals surface area contributed by atoms with Crippen LogP contribution < -0.4 is 10.6 Å². The van der Waals surface area contributed by atoms with E-state index in [1.807, 2.05) is 13.8 Å². The van der Waals surface area contributed by atoms with Crippen LogP contribution in [0.2, 0.25) is 5.02 Å². The van der Waals surface area contributed by atoms with E-state index in [9.17, 15) is 18.0 Å². The van der Waals surface area contributed by atoms with Gasteiger partial charge in [0, 0.05) is 18.1 Å². The monoisotopic (exact) mass is 417 g/mol. The Balaban J connectivity index is 2.03. The average molecular weight is 418 g/mol. The first-order valence-corrected chi connectivity index (χ1v) is 10.5. The van der Waals surface area contributed by atoms with Gasteiger partial charge in [-0.15, -0.1) is 0 Å². The summed E-state index contributed by atoms with van der Waals surface area (Å²) < 4.78 is 32.5. The summed E-state index contributed by atoms with van der Waals surface area (Å²) >= 11 is 5.82. The Morgan fingerprint density at radius 1 is 1.22 bits per heavy atom. The summed E-state index contributed by atoms with van der Waals surface area (Å²) in [6.45, 7) is 4.70. The van der Waals surface area contributed by atoms with Gasteiger partial charge >= 0.3 is 11.8 Å². The molecule has 1 atom stereocenters. The van der Waals surface area contributed by atoms with Crippen molar-refractivity contribution >= 4 is 33.4 Å². The van der Waals surface area contributed by atoms with E-state index < -0.39 is 28.1 Å². The molecule has 8 nitrogen and oxygen atoms in total. The van der Waals surface area contributed by atoms with Gasteiger partial charge in [0.2, 0.25) is 10.0 Å². The fourth-order valence-electron chi connectivity index (χ4n) is 2.48. The van der Waals surface area contributed by atoms with E-state index in [1.54, 1.807) is 0 Å². The molecule has 10 heteroatoms. The number of carbonyl (C=O) groups excluding carboxylic acids is 2. The van der Waals surface area contributed by atoms with Crippen LogP contribution in [0.5, 0.6) is 0 Å². The molecular weight excluding hydrogens is 394 g/mol. The summed E-state index contributed by atoms with van der Waals surface area (Å²) in [6, 6.07) is 5.83. The minimum absolute atomic E-state index is 0.0865. The van der Waals surface area contributed by atoms with Crippen LogP contribution in [-0.2, 0) is 24.3 Å². The van der Waals surface area contributed by atoms with Crippen LogP contribution in [-0.4, -0.2) is 57.0 Å². The molecule has 2 rings (SSSR count). The highest BCUT2D eigenvalue weighted by molar-refractivity contribution is 7.89. The quantitative estimate of drug-likeness (QED) is 0.671. The smallest absolute Gasteiger partial charge is 0.309 e. The first kappa shape index (κ1) is 21.6. The molecule has 1 fully saturated rings. The second-order valence-electron chi connectivity index (χ2n) is 6.56. The van der Waals surface area contributed by atoms with Gasteiger partial charge < -0.3 is 15.4 Å². The predicted molar refractivity (Wildman–Crippen MR) is 101 cm³/mol. The number of rotatable bonds is 6. The average Bonchev–Trinajstić information content (AvgIpc) is 2.64. The number of halogens is 1. The topological polar surface area (TPSA) is 105 Å². The van der Waals surface area contributed by atoms with Crippen LogP contribution in [0.1, 0.15) is 20.3 Å². The molecule has 0 spiro atoms. The number of nitrogens with one attached hydrogen (secondary N) is 2. The van der Waals surface area contributed by atoms with E-state index in [0.717, 1.165) is 0 Å². The summed E-state index contributed by atoms with van der Waals surface area (Å²) in [4.78, 5) is 23.7. The number of carbonyl (C=O) groups is 2. The van der Waals surface area contributed by atoms with Crippen LogP contribution in [0.3, 0.4) is 0 Å². The van der Waals surface area contributed by atoms with Gasteiger partial charge in [0.25, 0.3) is 0 Å². The Morgan fingerprint density at radius 2 is 1.85 bits per heavy atom. The van der Waals surface area contributed by atoms with Crippen molar-refractivity contribution in [1.29, 1.82) is 0 Å². The molecule has 1 saturated heterocycles. The fraction of sp³-hybridized carbons (Fsp3) is 0.529. The fourth-order valence-corrected chi connectivity index (χ4v) is 4.17. The zero-order chi connectivity index (χ0) is 20.0. The number of sulfonamides is 1.